The molecule has 0 aliphatic carbocycles. The number of methoxy groups -OCH3 is 1. The minimum absolute atomic E-state index is 0.0327. The number of aromatic nitrogens is 3. The average molecular weight is 343 g/mol. The fourth-order valence-electron chi connectivity index (χ4n) is 1.76. The molecule has 1 aromatic heterocycles. The first-order valence-corrected chi connectivity index (χ1v) is 6.51. The predicted octanol–water partition coefficient (Wildman–Crippen LogP) is 2.11. The van der Waals surface area contributed by atoms with Crippen LogP contribution in [0.25, 0.3) is 0 Å². The summed E-state index contributed by atoms with van der Waals surface area (Å²) in [6.07, 6.45) is -4.13. The highest BCUT2D eigenvalue weighted by molar-refractivity contribution is 5.91. The maximum absolute atomic E-state index is 12.9. The Morgan fingerprint density at radius 1 is 1.25 bits per heavy atom. The molecule has 0 unspecified atom stereocenters. The van der Waals surface area contributed by atoms with Crippen molar-refractivity contribution in [3.8, 4) is 0 Å². The molecule has 2 rings (SSSR count). The maximum atomic E-state index is 12.9. The van der Waals surface area contributed by atoms with Gasteiger partial charge in [-0.2, -0.15) is 13.2 Å². The molecule has 2 aromatic rings. The van der Waals surface area contributed by atoms with E-state index in [0.29, 0.717) is 0 Å². The van der Waals surface area contributed by atoms with E-state index in [0.717, 1.165) is 23.9 Å². The van der Waals surface area contributed by atoms with Crippen molar-refractivity contribution in [1.29, 1.82) is 0 Å². The van der Waals surface area contributed by atoms with Gasteiger partial charge in [0.25, 0.3) is 0 Å². The fourth-order valence-corrected chi connectivity index (χ4v) is 1.76. The standard InChI is InChI=1S/C13H12F3N5O3/c1-24-12(23)18-10-6-21(20-19-10)7-11(22)17-9-5-3-2-4-8(9)13(14,15)16/h2-6H,7H2,1H3,(H,17,22)(H,18,23). The molecule has 0 aliphatic heterocycles. The highest BCUT2D eigenvalue weighted by Gasteiger charge is 2.33. The van der Waals surface area contributed by atoms with Crippen molar-refractivity contribution >= 4 is 23.5 Å². The van der Waals surface area contributed by atoms with Gasteiger partial charge in [0.2, 0.25) is 5.91 Å². The zero-order valence-corrected chi connectivity index (χ0v) is 12.3. The van der Waals surface area contributed by atoms with E-state index in [-0.39, 0.29) is 18.1 Å². The Labute approximate surface area is 133 Å². The summed E-state index contributed by atoms with van der Waals surface area (Å²) in [5.74, 6) is -0.702. The number of anilines is 2. The number of amides is 2. The second-order valence-electron chi connectivity index (χ2n) is 4.51. The van der Waals surface area contributed by atoms with Crippen LogP contribution < -0.4 is 10.6 Å². The summed E-state index contributed by atoms with van der Waals surface area (Å²) < 4.78 is 44.0. The number of hydrogen-bond donors (Lipinski definition) is 2. The van der Waals surface area contributed by atoms with Crippen molar-refractivity contribution in [2.24, 2.45) is 0 Å². The van der Waals surface area contributed by atoms with Gasteiger partial charge in [-0.3, -0.25) is 10.1 Å². The first kappa shape index (κ1) is 17.2. The molecule has 1 heterocycles. The highest BCUT2D eigenvalue weighted by Crippen LogP contribution is 2.34. The van der Waals surface area contributed by atoms with Gasteiger partial charge in [-0.15, -0.1) is 5.10 Å². The number of ether oxygens (including phenoxy) is 1. The Hall–Kier alpha value is -3.11. The Kier molecular flexibility index (Phi) is 5.02. The lowest BCUT2D eigenvalue weighted by molar-refractivity contribution is -0.137. The number of carbonyl (C=O) groups is 2. The smallest absolute Gasteiger partial charge is 0.418 e. The highest BCUT2D eigenvalue weighted by atomic mass is 19.4. The van der Waals surface area contributed by atoms with Gasteiger partial charge < -0.3 is 10.1 Å². The van der Waals surface area contributed by atoms with Crippen LogP contribution in [0.4, 0.5) is 29.5 Å². The summed E-state index contributed by atoms with van der Waals surface area (Å²) >= 11 is 0. The SMILES string of the molecule is COC(=O)Nc1cn(CC(=O)Nc2ccccc2C(F)(F)F)nn1. The molecule has 2 N–H and O–H groups in total. The summed E-state index contributed by atoms with van der Waals surface area (Å²) in [4.78, 5) is 22.9. The van der Waals surface area contributed by atoms with Crippen molar-refractivity contribution < 1.29 is 27.5 Å². The van der Waals surface area contributed by atoms with Crippen molar-refractivity contribution in [1.82, 2.24) is 15.0 Å². The van der Waals surface area contributed by atoms with Gasteiger partial charge in [-0.1, -0.05) is 17.3 Å². The molecule has 0 saturated heterocycles. The molecule has 2 amide bonds. The van der Waals surface area contributed by atoms with Gasteiger partial charge in [-0.25, -0.2) is 9.48 Å². The number of para-hydroxylation sites is 1. The van der Waals surface area contributed by atoms with E-state index in [9.17, 15) is 22.8 Å². The molecule has 0 aliphatic rings. The third kappa shape index (κ3) is 4.44. The Morgan fingerprint density at radius 2 is 1.96 bits per heavy atom. The number of nitrogens with one attached hydrogen (secondary N) is 2. The van der Waals surface area contributed by atoms with Crippen LogP contribution in [0.1, 0.15) is 5.56 Å². The predicted molar refractivity (Wildman–Crippen MR) is 76.1 cm³/mol. The van der Waals surface area contributed by atoms with E-state index in [2.05, 4.69) is 25.7 Å². The normalized spacial score (nSPS) is 11.0. The maximum Gasteiger partial charge on any atom is 0.418 e. The van der Waals surface area contributed by atoms with E-state index in [4.69, 9.17) is 0 Å². The lowest BCUT2D eigenvalue weighted by atomic mass is 10.1. The molecule has 0 saturated carbocycles. The van der Waals surface area contributed by atoms with Gasteiger partial charge in [0, 0.05) is 0 Å². The second kappa shape index (κ2) is 6.98. The van der Waals surface area contributed by atoms with Gasteiger partial charge in [0.05, 0.1) is 24.6 Å². The summed E-state index contributed by atoms with van der Waals surface area (Å²) in [6, 6.07) is 4.61. The number of hydrogen-bond acceptors (Lipinski definition) is 5. The molecule has 0 atom stereocenters. The van der Waals surface area contributed by atoms with E-state index < -0.39 is 23.7 Å². The van der Waals surface area contributed by atoms with Crippen LogP contribution in [-0.2, 0) is 22.3 Å². The van der Waals surface area contributed by atoms with Crippen molar-refractivity contribution in [2.75, 3.05) is 17.7 Å². The van der Waals surface area contributed by atoms with Crippen LogP contribution in [0.3, 0.4) is 0 Å². The lowest BCUT2D eigenvalue weighted by Crippen LogP contribution is -2.21. The summed E-state index contributed by atoms with van der Waals surface area (Å²) in [6.45, 7) is -0.387. The molecule has 128 valence electrons. The molecule has 1 aromatic carbocycles. The Morgan fingerprint density at radius 3 is 2.62 bits per heavy atom. The summed E-state index contributed by atoms with van der Waals surface area (Å²) in [5, 5.41) is 11.5. The number of benzene rings is 1. The number of alkyl halides is 3. The second-order valence-corrected chi connectivity index (χ2v) is 4.51. The molecule has 0 bridgehead atoms. The van der Waals surface area contributed by atoms with Gasteiger partial charge in [-0.05, 0) is 12.1 Å². The van der Waals surface area contributed by atoms with Crippen molar-refractivity contribution in [2.45, 2.75) is 12.7 Å². The van der Waals surface area contributed by atoms with Gasteiger partial charge in [0.1, 0.15) is 6.54 Å². The largest absolute Gasteiger partial charge is 0.453 e. The number of carbonyl (C=O) groups excluding carboxylic acids is 2. The van der Waals surface area contributed by atoms with E-state index in [1.54, 1.807) is 0 Å². The molecular formula is C13H12F3N5O3. The first-order valence-electron chi connectivity index (χ1n) is 6.51. The summed E-state index contributed by atoms with van der Waals surface area (Å²) in [7, 11) is 1.16. The minimum Gasteiger partial charge on any atom is -0.453 e. The first-order chi connectivity index (χ1) is 11.3. The van der Waals surface area contributed by atoms with Crippen LogP contribution in [0.2, 0.25) is 0 Å². The molecule has 8 nitrogen and oxygen atoms in total. The Bertz CT molecular complexity index is 744. The lowest BCUT2D eigenvalue weighted by Gasteiger charge is -2.13. The van der Waals surface area contributed by atoms with Gasteiger partial charge in [0.15, 0.2) is 5.82 Å². The summed E-state index contributed by atoms with van der Waals surface area (Å²) in [5.41, 5.74) is -1.31. The van der Waals surface area contributed by atoms with Crippen LogP contribution in [0, 0.1) is 0 Å². The third-order valence-corrected chi connectivity index (χ3v) is 2.77. The van der Waals surface area contributed by atoms with Crippen LogP contribution in [-0.4, -0.2) is 34.1 Å². The molecule has 0 radical (unpaired) electrons. The van der Waals surface area contributed by atoms with Crippen LogP contribution >= 0.6 is 0 Å². The van der Waals surface area contributed by atoms with Gasteiger partial charge >= 0.3 is 12.3 Å². The topological polar surface area (TPSA) is 98.1 Å². The van der Waals surface area contributed by atoms with Crippen LogP contribution in [0.5, 0.6) is 0 Å². The molecule has 11 heteroatoms. The van der Waals surface area contributed by atoms with E-state index in [1.807, 2.05) is 0 Å². The average Bonchev–Trinajstić information content (AvgIpc) is 2.93. The minimum atomic E-state index is -4.59. The zero-order valence-electron chi connectivity index (χ0n) is 12.3. The molecule has 0 fully saturated rings. The fraction of sp³-hybridized carbons (Fsp3) is 0.231. The number of rotatable bonds is 4. The van der Waals surface area contributed by atoms with Crippen LogP contribution in [0.15, 0.2) is 30.5 Å². The zero-order chi connectivity index (χ0) is 17.7. The van der Waals surface area contributed by atoms with Crippen molar-refractivity contribution in [3.05, 3.63) is 36.0 Å². The molecule has 24 heavy (non-hydrogen) atoms. The monoisotopic (exact) mass is 343 g/mol. The Balaban J connectivity index is 2.03. The third-order valence-electron chi connectivity index (χ3n) is 2.77. The molecule has 0 spiro atoms. The van der Waals surface area contributed by atoms with E-state index >= 15 is 0 Å². The quantitative estimate of drug-likeness (QED) is 0.886. The number of nitrogens with zero attached hydrogens (tertiary/aromatic N) is 3. The van der Waals surface area contributed by atoms with E-state index in [1.165, 1.54) is 18.3 Å². The van der Waals surface area contributed by atoms with Crippen molar-refractivity contribution in [3.63, 3.8) is 0 Å². The number of halogens is 3. The molecular weight excluding hydrogens is 331 g/mol.